The van der Waals surface area contributed by atoms with Crippen molar-refractivity contribution in [2.45, 2.75) is 26.9 Å². The summed E-state index contributed by atoms with van der Waals surface area (Å²) in [6, 6.07) is 3.83. The lowest BCUT2D eigenvalue weighted by Gasteiger charge is -2.03. The Labute approximate surface area is 106 Å². The molecular weight excluding hydrogens is 230 g/mol. The number of hydrogen-bond acceptors (Lipinski definition) is 3. The molecular formula is C12H17N5O. The predicted molar refractivity (Wildman–Crippen MR) is 66.8 cm³/mol. The van der Waals surface area contributed by atoms with Crippen LogP contribution in [-0.4, -0.2) is 25.5 Å². The Bertz CT molecular complexity index is 535. The minimum Gasteiger partial charge on any atom is -0.349 e. The zero-order chi connectivity index (χ0) is 13.1. The van der Waals surface area contributed by atoms with Gasteiger partial charge in [0, 0.05) is 18.9 Å². The van der Waals surface area contributed by atoms with E-state index >= 15 is 0 Å². The smallest absolute Gasteiger partial charge is 0.242 e. The molecule has 2 aromatic heterocycles. The van der Waals surface area contributed by atoms with Crippen LogP contribution in [0.5, 0.6) is 0 Å². The zero-order valence-corrected chi connectivity index (χ0v) is 10.8. The van der Waals surface area contributed by atoms with Crippen LogP contribution >= 0.6 is 0 Å². The van der Waals surface area contributed by atoms with Gasteiger partial charge in [-0.15, -0.1) is 0 Å². The first-order valence-corrected chi connectivity index (χ1v) is 5.81. The molecule has 0 saturated heterocycles. The number of hydrogen-bond donors (Lipinski definition) is 1. The van der Waals surface area contributed by atoms with Crippen molar-refractivity contribution in [2.75, 3.05) is 0 Å². The fraction of sp³-hybridized carbons (Fsp3) is 0.417. The van der Waals surface area contributed by atoms with E-state index in [1.807, 2.05) is 33.0 Å². The molecule has 6 nitrogen and oxygen atoms in total. The van der Waals surface area contributed by atoms with Gasteiger partial charge < -0.3 is 5.32 Å². The van der Waals surface area contributed by atoms with Gasteiger partial charge in [-0.2, -0.15) is 10.2 Å². The Hall–Kier alpha value is -2.11. The van der Waals surface area contributed by atoms with Crippen LogP contribution in [0.4, 0.5) is 0 Å². The molecule has 0 bridgehead atoms. The third-order valence-corrected chi connectivity index (χ3v) is 2.71. The average Bonchev–Trinajstić information content (AvgIpc) is 2.84. The average molecular weight is 247 g/mol. The number of carbonyl (C=O) groups is 1. The summed E-state index contributed by atoms with van der Waals surface area (Å²) in [6.45, 7) is 4.55. The van der Waals surface area contributed by atoms with Gasteiger partial charge in [-0.25, -0.2) is 0 Å². The maximum absolute atomic E-state index is 11.7. The summed E-state index contributed by atoms with van der Waals surface area (Å²) >= 11 is 0. The largest absolute Gasteiger partial charge is 0.349 e. The van der Waals surface area contributed by atoms with Crippen LogP contribution in [0.1, 0.15) is 17.1 Å². The lowest BCUT2D eigenvalue weighted by atomic mass is 10.3. The van der Waals surface area contributed by atoms with Gasteiger partial charge in [0.2, 0.25) is 5.91 Å². The first kappa shape index (κ1) is 12.3. The second kappa shape index (κ2) is 5.03. The molecule has 0 saturated carbocycles. The molecule has 2 rings (SSSR count). The second-order valence-electron chi connectivity index (χ2n) is 4.33. The summed E-state index contributed by atoms with van der Waals surface area (Å²) < 4.78 is 3.41. The van der Waals surface area contributed by atoms with Crippen LogP contribution in [0.3, 0.4) is 0 Å². The van der Waals surface area contributed by atoms with E-state index in [1.54, 1.807) is 15.6 Å². The summed E-state index contributed by atoms with van der Waals surface area (Å²) in [4.78, 5) is 11.7. The third-order valence-electron chi connectivity index (χ3n) is 2.71. The molecule has 0 aliphatic rings. The van der Waals surface area contributed by atoms with E-state index in [0.29, 0.717) is 6.54 Å². The van der Waals surface area contributed by atoms with Crippen molar-refractivity contribution >= 4 is 5.91 Å². The van der Waals surface area contributed by atoms with Crippen molar-refractivity contribution in [3.63, 3.8) is 0 Å². The van der Waals surface area contributed by atoms with E-state index in [2.05, 4.69) is 15.5 Å². The van der Waals surface area contributed by atoms with Gasteiger partial charge in [0.1, 0.15) is 6.54 Å². The number of rotatable bonds is 4. The molecule has 1 N–H and O–H groups in total. The van der Waals surface area contributed by atoms with Crippen molar-refractivity contribution in [3.05, 3.63) is 35.4 Å². The molecule has 18 heavy (non-hydrogen) atoms. The van der Waals surface area contributed by atoms with Gasteiger partial charge in [0.05, 0.1) is 17.9 Å². The van der Waals surface area contributed by atoms with E-state index in [0.717, 1.165) is 17.1 Å². The fourth-order valence-corrected chi connectivity index (χ4v) is 1.66. The Morgan fingerprint density at radius 1 is 1.39 bits per heavy atom. The summed E-state index contributed by atoms with van der Waals surface area (Å²) in [5, 5.41) is 11.3. The normalized spacial score (nSPS) is 10.6. The summed E-state index contributed by atoms with van der Waals surface area (Å²) in [7, 11) is 1.88. The maximum Gasteiger partial charge on any atom is 0.242 e. The number of aryl methyl sites for hydroxylation is 3. The lowest BCUT2D eigenvalue weighted by molar-refractivity contribution is -0.122. The maximum atomic E-state index is 11.7. The van der Waals surface area contributed by atoms with Gasteiger partial charge in [0.15, 0.2) is 0 Å². The molecule has 0 unspecified atom stereocenters. The van der Waals surface area contributed by atoms with Crippen molar-refractivity contribution in [1.82, 2.24) is 24.9 Å². The van der Waals surface area contributed by atoms with Gasteiger partial charge in [-0.05, 0) is 26.0 Å². The number of aromatic nitrogens is 4. The molecule has 2 heterocycles. The molecule has 0 aliphatic carbocycles. The minimum absolute atomic E-state index is 0.0681. The molecule has 0 aromatic carbocycles. The number of carbonyl (C=O) groups excluding carboxylic acids is 1. The van der Waals surface area contributed by atoms with Crippen LogP contribution in [0, 0.1) is 13.8 Å². The SMILES string of the molecule is Cc1ccn(CC(=O)NCc2cc(C)n(C)n2)n1. The molecule has 0 spiro atoms. The minimum atomic E-state index is -0.0681. The molecule has 0 fully saturated rings. The third kappa shape index (κ3) is 2.97. The summed E-state index contributed by atoms with van der Waals surface area (Å²) in [6.07, 6.45) is 1.79. The molecule has 1 amide bonds. The molecule has 0 atom stereocenters. The first-order chi connectivity index (χ1) is 8.54. The van der Waals surface area contributed by atoms with Crippen molar-refractivity contribution in [1.29, 1.82) is 0 Å². The number of nitrogens with one attached hydrogen (secondary N) is 1. The summed E-state index contributed by atoms with van der Waals surface area (Å²) in [5.41, 5.74) is 2.84. The van der Waals surface area contributed by atoms with Crippen LogP contribution in [0.2, 0.25) is 0 Å². The quantitative estimate of drug-likeness (QED) is 0.858. The second-order valence-corrected chi connectivity index (χ2v) is 4.33. The molecule has 0 radical (unpaired) electrons. The highest BCUT2D eigenvalue weighted by atomic mass is 16.2. The lowest BCUT2D eigenvalue weighted by Crippen LogP contribution is -2.27. The highest BCUT2D eigenvalue weighted by Gasteiger charge is 2.06. The van der Waals surface area contributed by atoms with Crippen molar-refractivity contribution in [2.24, 2.45) is 7.05 Å². The van der Waals surface area contributed by atoms with E-state index in [1.165, 1.54) is 0 Å². The van der Waals surface area contributed by atoms with Crippen LogP contribution in [-0.2, 0) is 24.9 Å². The van der Waals surface area contributed by atoms with E-state index in [4.69, 9.17) is 0 Å². The predicted octanol–water partition coefficient (Wildman–Crippen LogP) is 0.550. The zero-order valence-electron chi connectivity index (χ0n) is 10.8. The summed E-state index contributed by atoms with van der Waals surface area (Å²) in [5.74, 6) is -0.0681. The van der Waals surface area contributed by atoms with E-state index in [9.17, 15) is 4.79 Å². The molecule has 0 aliphatic heterocycles. The topological polar surface area (TPSA) is 64.7 Å². The van der Waals surface area contributed by atoms with E-state index in [-0.39, 0.29) is 12.5 Å². The van der Waals surface area contributed by atoms with Gasteiger partial charge >= 0.3 is 0 Å². The highest BCUT2D eigenvalue weighted by Crippen LogP contribution is 2.00. The standard InChI is InChI=1S/C12H17N5O/c1-9-4-5-17(14-9)8-12(18)13-7-11-6-10(2)16(3)15-11/h4-6H,7-8H2,1-3H3,(H,13,18). The monoisotopic (exact) mass is 247 g/mol. The Kier molecular flexibility index (Phi) is 3.45. The molecule has 96 valence electrons. The first-order valence-electron chi connectivity index (χ1n) is 5.81. The number of amides is 1. The Morgan fingerprint density at radius 3 is 2.72 bits per heavy atom. The van der Waals surface area contributed by atoms with Gasteiger partial charge in [0.25, 0.3) is 0 Å². The Balaban J connectivity index is 1.85. The van der Waals surface area contributed by atoms with Crippen LogP contribution in [0.25, 0.3) is 0 Å². The van der Waals surface area contributed by atoms with Crippen molar-refractivity contribution < 1.29 is 4.79 Å². The van der Waals surface area contributed by atoms with E-state index < -0.39 is 0 Å². The van der Waals surface area contributed by atoms with Crippen LogP contribution < -0.4 is 5.32 Å². The molecule has 2 aromatic rings. The molecule has 6 heteroatoms. The van der Waals surface area contributed by atoms with Crippen LogP contribution in [0.15, 0.2) is 18.3 Å². The fourth-order valence-electron chi connectivity index (χ4n) is 1.66. The number of nitrogens with zero attached hydrogens (tertiary/aromatic N) is 4. The van der Waals surface area contributed by atoms with Gasteiger partial charge in [-0.1, -0.05) is 0 Å². The Morgan fingerprint density at radius 2 is 2.17 bits per heavy atom. The highest BCUT2D eigenvalue weighted by molar-refractivity contribution is 5.75. The van der Waals surface area contributed by atoms with Gasteiger partial charge in [-0.3, -0.25) is 14.2 Å². The van der Waals surface area contributed by atoms with Crippen molar-refractivity contribution in [3.8, 4) is 0 Å².